The quantitative estimate of drug-likeness (QED) is 0.507. The molecule has 1 saturated heterocycles. The number of hydrogen-bond donors (Lipinski definition) is 2. The molecule has 0 amide bonds. The number of morpholine rings is 1. The standard InChI is InChI=1S/C23H24FN7O/c1-14-10-15(12-16(11-14)31-6-8-32-9-7-31)30(2)23-26-13-18(22(25)27-23)20-17-4-3-5-19(24)21(17)29-28-20/h3-5,10-13H,6-9H2,1-2H3,(H,28,29)(H2,25,26,27). The lowest BCUT2D eigenvalue weighted by molar-refractivity contribution is 0.122. The predicted molar refractivity (Wildman–Crippen MR) is 124 cm³/mol. The van der Waals surface area contributed by atoms with E-state index in [1.165, 1.54) is 6.07 Å². The second-order valence-electron chi connectivity index (χ2n) is 7.89. The first-order chi connectivity index (χ1) is 15.5. The molecule has 1 aliphatic rings. The number of benzene rings is 2. The van der Waals surface area contributed by atoms with E-state index in [0.717, 1.165) is 43.2 Å². The van der Waals surface area contributed by atoms with E-state index in [0.29, 0.717) is 22.6 Å². The van der Waals surface area contributed by atoms with Crippen molar-refractivity contribution in [2.45, 2.75) is 6.92 Å². The number of para-hydroxylation sites is 1. The van der Waals surface area contributed by atoms with E-state index in [4.69, 9.17) is 10.5 Å². The van der Waals surface area contributed by atoms with Gasteiger partial charge in [-0.15, -0.1) is 0 Å². The molecule has 1 fully saturated rings. The van der Waals surface area contributed by atoms with Gasteiger partial charge in [-0.25, -0.2) is 9.37 Å². The van der Waals surface area contributed by atoms with Gasteiger partial charge in [-0.1, -0.05) is 12.1 Å². The third-order valence-electron chi connectivity index (χ3n) is 5.72. The van der Waals surface area contributed by atoms with Crippen molar-refractivity contribution in [2.24, 2.45) is 0 Å². The maximum atomic E-state index is 14.0. The summed E-state index contributed by atoms with van der Waals surface area (Å²) in [5.74, 6) is 0.369. The number of ether oxygens (including phenoxy) is 1. The molecule has 5 rings (SSSR count). The van der Waals surface area contributed by atoms with Crippen LogP contribution >= 0.6 is 0 Å². The van der Waals surface area contributed by atoms with Gasteiger partial charge in [0.1, 0.15) is 11.3 Å². The molecule has 0 unspecified atom stereocenters. The molecule has 3 heterocycles. The number of H-pyrrole nitrogens is 1. The number of aromatic amines is 1. The summed E-state index contributed by atoms with van der Waals surface area (Å²) < 4.78 is 19.5. The van der Waals surface area contributed by atoms with Crippen LogP contribution in [0.1, 0.15) is 5.56 Å². The minimum atomic E-state index is -0.392. The number of aryl methyl sites for hydroxylation is 1. The topological polar surface area (TPSA) is 96.2 Å². The first-order valence-electron chi connectivity index (χ1n) is 10.4. The molecular formula is C23H24FN7O. The molecule has 4 aromatic rings. The molecule has 0 spiro atoms. The van der Waals surface area contributed by atoms with Crippen LogP contribution in [0, 0.1) is 12.7 Å². The van der Waals surface area contributed by atoms with Crippen LogP contribution in [0.15, 0.2) is 42.6 Å². The van der Waals surface area contributed by atoms with Crippen molar-refractivity contribution in [3.63, 3.8) is 0 Å². The normalized spacial score (nSPS) is 14.2. The lowest BCUT2D eigenvalue weighted by Gasteiger charge is -2.30. The molecule has 0 radical (unpaired) electrons. The zero-order valence-electron chi connectivity index (χ0n) is 18.0. The molecule has 9 heteroatoms. The fraction of sp³-hybridized carbons (Fsp3) is 0.261. The maximum Gasteiger partial charge on any atom is 0.231 e. The van der Waals surface area contributed by atoms with E-state index in [-0.39, 0.29) is 11.3 Å². The van der Waals surface area contributed by atoms with Crippen molar-refractivity contribution in [2.75, 3.05) is 48.9 Å². The van der Waals surface area contributed by atoms with E-state index in [1.54, 1.807) is 18.3 Å². The molecular weight excluding hydrogens is 409 g/mol. The SMILES string of the molecule is Cc1cc(N2CCOCC2)cc(N(C)c2ncc(-c3[nH]nc4c(F)cccc34)c(N)n2)c1. The predicted octanol–water partition coefficient (Wildman–Crippen LogP) is 3.65. The van der Waals surface area contributed by atoms with Crippen LogP contribution in [-0.2, 0) is 4.74 Å². The molecule has 1 aliphatic heterocycles. The van der Waals surface area contributed by atoms with Gasteiger partial charge in [0, 0.05) is 43.1 Å². The molecule has 0 atom stereocenters. The number of nitrogens with two attached hydrogens (primary N) is 1. The van der Waals surface area contributed by atoms with E-state index in [1.807, 2.05) is 11.9 Å². The third kappa shape index (κ3) is 3.60. The van der Waals surface area contributed by atoms with Crippen LogP contribution in [0.4, 0.5) is 27.5 Å². The van der Waals surface area contributed by atoms with Gasteiger partial charge in [0.05, 0.1) is 24.5 Å². The fourth-order valence-corrected chi connectivity index (χ4v) is 4.00. The summed E-state index contributed by atoms with van der Waals surface area (Å²) in [6.07, 6.45) is 1.64. The number of aromatic nitrogens is 4. The maximum absolute atomic E-state index is 14.0. The number of nitrogen functional groups attached to an aromatic ring is 1. The first kappa shape index (κ1) is 20.2. The molecule has 164 valence electrons. The van der Waals surface area contributed by atoms with Crippen LogP contribution in [0.25, 0.3) is 22.2 Å². The third-order valence-corrected chi connectivity index (χ3v) is 5.72. The number of nitrogens with zero attached hydrogens (tertiary/aromatic N) is 5. The van der Waals surface area contributed by atoms with Gasteiger partial charge in [0.25, 0.3) is 0 Å². The van der Waals surface area contributed by atoms with Gasteiger partial charge in [-0.3, -0.25) is 5.10 Å². The summed E-state index contributed by atoms with van der Waals surface area (Å²) >= 11 is 0. The highest BCUT2D eigenvalue weighted by Gasteiger charge is 2.18. The van der Waals surface area contributed by atoms with E-state index >= 15 is 0 Å². The minimum absolute atomic E-state index is 0.262. The number of hydrogen-bond acceptors (Lipinski definition) is 7. The zero-order chi connectivity index (χ0) is 22.2. The summed E-state index contributed by atoms with van der Waals surface area (Å²) in [7, 11) is 1.91. The Morgan fingerprint density at radius 2 is 2.00 bits per heavy atom. The molecule has 0 bridgehead atoms. The minimum Gasteiger partial charge on any atom is -0.383 e. The number of fused-ring (bicyclic) bond motifs is 1. The fourth-order valence-electron chi connectivity index (χ4n) is 4.00. The molecule has 2 aromatic heterocycles. The Kier molecular flexibility index (Phi) is 5.10. The summed E-state index contributed by atoms with van der Waals surface area (Å²) in [6, 6.07) is 11.2. The van der Waals surface area contributed by atoms with Gasteiger partial charge >= 0.3 is 0 Å². The zero-order valence-corrected chi connectivity index (χ0v) is 18.0. The highest BCUT2D eigenvalue weighted by atomic mass is 19.1. The van der Waals surface area contributed by atoms with Crippen LogP contribution in [-0.4, -0.2) is 53.5 Å². The molecule has 0 aliphatic carbocycles. The van der Waals surface area contributed by atoms with Crippen LogP contribution in [0.3, 0.4) is 0 Å². The van der Waals surface area contributed by atoms with Crippen molar-refractivity contribution >= 4 is 34.0 Å². The molecule has 0 saturated carbocycles. The monoisotopic (exact) mass is 433 g/mol. The smallest absolute Gasteiger partial charge is 0.231 e. The average molecular weight is 433 g/mol. The molecule has 32 heavy (non-hydrogen) atoms. The Hall–Kier alpha value is -3.72. The van der Waals surface area contributed by atoms with Crippen LogP contribution < -0.4 is 15.5 Å². The van der Waals surface area contributed by atoms with Gasteiger partial charge in [-0.05, 0) is 36.8 Å². The van der Waals surface area contributed by atoms with E-state index in [2.05, 4.69) is 50.2 Å². The lowest BCUT2D eigenvalue weighted by atomic mass is 10.1. The first-order valence-corrected chi connectivity index (χ1v) is 10.4. The van der Waals surface area contributed by atoms with E-state index < -0.39 is 5.82 Å². The average Bonchev–Trinajstić information content (AvgIpc) is 3.24. The largest absolute Gasteiger partial charge is 0.383 e. The van der Waals surface area contributed by atoms with Crippen molar-refractivity contribution in [3.05, 3.63) is 54.0 Å². The number of nitrogens with one attached hydrogen (secondary N) is 1. The van der Waals surface area contributed by atoms with Crippen molar-refractivity contribution in [1.82, 2.24) is 20.2 Å². The van der Waals surface area contributed by atoms with Crippen LogP contribution in [0.5, 0.6) is 0 Å². The number of anilines is 4. The molecule has 8 nitrogen and oxygen atoms in total. The summed E-state index contributed by atoms with van der Waals surface area (Å²) in [4.78, 5) is 13.3. The van der Waals surface area contributed by atoms with E-state index in [9.17, 15) is 4.39 Å². The number of halogens is 1. The summed E-state index contributed by atoms with van der Waals surface area (Å²) in [5, 5.41) is 7.57. The molecule has 3 N–H and O–H groups in total. The van der Waals surface area contributed by atoms with Gasteiger partial charge in [0.15, 0.2) is 5.82 Å². The Morgan fingerprint density at radius 1 is 1.19 bits per heavy atom. The summed E-state index contributed by atoms with van der Waals surface area (Å²) in [6.45, 7) is 5.26. The van der Waals surface area contributed by atoms with Gasteiger partial charge in [-0.2, -0.15) is 10.1 Å². The van der Waals surface area contributed by atoms with Crippen molar-refractivity contribution in [3.8, 4) is 11.3 Å². The molecule has 2 aromatic carbocycles. The van der Waals surface area contributed by atoms with Crippen molar-refractivity contribution < 1.29 is 9.13 Å². The Labute approximate surface area is 184 Å². The van der Waals surface area contributed by atoms with Gasteiger partial charge in [0.2, 0.25) is 5.95 Å². The van der Waals surface area contributed by atoms with Crippen molar-refractivity contribution in [1.29, 1.82) is 0 Å². The Morgan fingerprint density at radius 3 is 2.78 bits per heavy atom. The Balaban J connectivity index is 1.47. The second-order valence-corrected chi connectivity index (χ2v) is 7.89. The summed E-state index contributed by atoms with van der Waals surface area (Å²) in [5.41, 5.74) is 11.0. The highest BCUT2D eigenvalue weighted by Crippen LogP contribution is 2.33. The highest BCUT2D eigenvalue weighted by molar-refractivity contribution is 5.95. The number of rotatable bonds is 4. The Bertz CT molecular complexity index is 1280. The lowest BCUT2D eigenvalue weighted by Crippen LogP contribution is -2.36. The van der Waals surface area contributed by atoms with Crippen LogP contribution in [0.2, 0.25) is 0 Å². The second kappa shape index (κ2) is 8.08. The van der Waals surface area contributed by atoms with Gasteiger partial charge < -0.3 is 20.3 Å².